The van der Waals surface area contributed by atoms with E-state index in [1.165, 1.54) is 0 Å². The van der Waals surface area contributed by atoms with E-state index in [2.05, 4.69) is 5.32 Å². The minimum atomic E-state index is -0.305. The molecule has 26 heavy (non-hydrogen) atoms. The molecule has 4 nitrogen and oxygen atoms in total. The fourth-order valence-corrected chi connectivity index (χ4v) is 2.81. The van der Waals surface area contributed by atoms with Crippen LogP contribution in [0.2, 0.25) is 0 Å². The molecule has 1 heterocycles. The molecule has 0 saturated carbocycles. The molecular formula is C22H24N2O2. The van der Waals surface area contributed by atoms with Gasteiger partial charge in [-0.25, -0.2) is 4.98 Å². The summed E-state index contributed by atoms with van der Waals surface area (Å²) in [5, 5.41) is 3.90. The number of nitrogens with zero attached hydrogens (tertiary/aromatic N) is 1. The molecule has 2 aromatic carbocycles. The molecule has 1 amide bonds. The van der Waals surface area contributed by atoms with Gasteiger partial charge < -0.3 is 10.1 Å². The minimum absolute atomic E-state index is 0.0942. The first-order chi connectivity index (χ1) is 12.4. The lowest BCUT2D eigenvalue weighted by Gasteiger charge is -2.21. The molecular weight excluding hydrogens is 324 g/mol. The zero-order valence-electron chi connectivity index (χ0n) is 15.7. The number of rotatable bonds is 4. The highest BCUT2D eigenvalue weighted by Crippen LogP contribution is 2.26. The van der Waals surface area contributed by atoms with Gasteiger partial charge in [0.05, 0.1) is 23.4 Å². The Balaban J connectivity index is 2.08. The smallest absolute Gasteiger partial charge is 0.252 e. The first-order valence-electron chi connectivity index (χ1n) is 8.83. The van der Waals surface area contributed by atoms with Crippen molar-refractivity contribution in [1.29, 1.82) is 0 Å². The summed E-state index contributed by atoms with van der Waals surface area (Å²) in [4.78, 5) is 17.6. The third kappa shape index (κ3) is 4.02. The molecule has 134 valence electrons. The van der Waals surface area contributed by atoms with Crippen LogP contribution in [-0.4, -0.2) is 23.0 Å². The molecule has 1 aromatic heterocycles. The van der Waals surface area contributed by atoms with Crippen LogP contribution in [0.4, 0.5) is 0 Å². The fraction of sp³-hybridized carbons (Fsp3) is 0.273. The second kappa shape index (κ2) is 7.16. The monoisotopic (exact) mass is 348 g/mol. The van der Waals surface area contributed by atoms with Gasteiger partial charge in [-0.2, -0.15) is 0 Å². The van der Waals surface area contributed by atoms with E-state index in [1.807, 2.05) is 82.3 Å². The number of ether oxygens (including phenoxy) is 1. The van der Waals surface area contributed by atoms with E-state index in [0.717, 1.165) is 27.9 Å². The van der Waals surface area contributed by atoms with Crippen LogP contribution >= 0.6 is 0 Å². The summed E-state index contributed by atoms with van der Waals surface area (Å²) in [5.41, 5.74) is 2.85. The number of hydrogen-bond donors (Lipinski definition) is 1. The maximum absolute atomic E-state index is 12.8. The SMILES string of the molecule is CCOc1ccc(-c2cc(C(=O)NC(C)(C)C)c3ccccc3n2)cc1. The number of benzene rings is 2. The highest BCUT2D eigenvalue weighted by Gasteiger charge is 2.19. The molecule has 0 aliphatic heterocycles. The maximum Gasteiger partial charge on any atom is 0.252 e. The first-order valence-corrected chi connectivity index (χ1v) is 8.83. The number of fused-ring (bicyclic) bond motifs is 1. The van der Waals surface area contributed by atoms with Crippen molar-refractivity contribution in [2.45, 2.75) is 33.2 Å². The van der Waals surface area contributed by atoms with Crippen molar-refractivity contribution in [2.24, 2.45) is 0 Å². The number of aromatic nitrogens is 1. The number of nitrogens with one attached hydrogen (secondary N) is 1. The summed E-state index contributed by atoms with van der Waals surface area (Å²) < 4.78 is 5.50. The average molecular weight is 348 g/mol. The Morgan fingerprint density at radius 1 is 1.08 bits per heavy atom. The zero-order chi connectivity index (χ0) is 18.7. The van der Waals surface area contributed by atoms with E-state index < -0.39 is 0 Å². The van der Waals surface area contributed by atoms with Crippen molar-refractivity contribution in [3.8, 4) is 17.0 Å². The van der Waals surface area contributed by atoms with Crippen molar-refractivity contribution in [1.82, 2.24) is 10.3 Å². The molecule has 1 N–H and O–H groups in total. The predicted molar refractivity (Wildman–Crippen MR) is 106 cm³/mol. The summed E-state index contributed by atoms with van der Waals surface area (Å²) >= 11 is 0. The fourth-order valence-electron chi connectivity index (χ4n) is 2.81. The predicted octanol–water partition coefficient (Wildman–Crippen LogP) is 4.83. The van der Waals surface area contributed by atoms with Gasteiger partial charge in [-0.05, 0) is 64.1 Å². The van der Waals surface area contributed by atoms with Crippen molar-refractivity contribution in [2.75, 3.05) is 6.61 Å². The maximum atomic E-state index is 12.8. The third-order valence-electron chi connectivity index (χ3n) is 3.91. The average Bonchev–Trinajstić information content (AvgIpc) is 2.60. The van der Waals surface area contributed by atoms with Crippen LogP contribution in [0.1, 0.15) is 38.1 Å². The lowest BCUT2D eigenvalue weighted by molar-refractivity contribution is 0.0921. The summed E-state index contributed by atoms with van der Waals surface area (Å²) in [5.74, 6) is 0.728. The van der Waals surface area contributed by atoms with E-state index in [4.69, 9.17) is 9.72 Å². The number of amides is 1. The van der Waals surface area contributed by atoms with Crippen molar-refractivity contribution in [3.05, 3.63) is 60.2 Å². The van der Waals surface area contributed by atoms with Crippen LogP contribution < -0.4 is 10.1 Å². The standard InChI is InChI=1S/C22H24N2O2/c1-5-26-16-12-10-15(11-13-16)20-14-18(21(25)24-22(2,3)4)17-8-6-7-9-19(17)23-20/h6-14H,5H2,1-4H3,(H,24,25). The molecule has 0 fully saturated rings. The summed E-state index contributed by atoms with van der Waals surface area (Å²) in [6.45, 7) is 8.51. The van der Waals surface area contributed by atoms with Crippen molar-refractivity contribution >= 4 is 16.8 Å². The Kier molecular flexibility index (Phi) is 4.94. The number of carbonyl (C=O) groups excluding carboxylic acids is 1. The highest BCUT2D eigenvalue weighted by atomic mass is 16.5. The molecule has 0 atom stereocenters. The van der Waals surface area contributed by atoms with Crippen LogP contribution in [0.15, 0.2) is 54.6 Å². The molecule has 0 radical (unpaired) electrons. The highest BCUT2D eigenvalue weighted by molar-refractivity contribution is 6.07. The Bertz CT molecular complexity index is 925. The molecule has 0 spiro atoms. The number of hydrogen-bond acceptors (Lipinski definition) is 3. The summed E-state index contributed by atoms with van der Waals surface area (Å²) in [6.07, 6.45) is 0. The van der Waals surface area contributed by atoms with E-state index >= 15 is 0 Å². The first kappa shape index (κ1) is 17.9. The lowest BCUT2D eigenvalue weighted by atomic mass is 10.0. The summed E-state index contributed by atoms with van der Waals surface area (Å²) in [7, 11) is 0. The molecule has 4 heteroatoms. The Morgan fingerprint density at radius 2 is 1.77 bits per heavy atom. The van der Waals surface area contributed by atoms with Crippen molar-refractivity contribution < 1.29 is 9.53 Å². The van der Waals surface area contributed by atoms with Crippen LogP contribution in [0, 0.1) is 0 Å². The van der Waals surface area contributed by atoms with E-state index in [-0.39, 0.29) is 11.4 Å². The normalized spacial score (nSPS) is 11.4. The molecule has 0 bridgehead atoms. The van der Waals surface area contributed by atoms with Crippen LogP contribution in [0.3, 0.4) is 0 Å². The Morgan fingerprint density at radius 3 is 2.42 bits per heavy atom. The number of para-hydroxylation sites is 1. The van der Waals surface area contributed by atoms with Gasteiger partial charge in [-0.3, -0.25) is 4.79 Å². The van der Waals surface area contributed by atoms with Crippen LogP contribution in [0.25, 0.3) is 22.2 Å². The third-order valence-corrected chi connectivity index (χ3v) is 3.91. The van der Waals surface area contributed by atoms with Gasteiger partial charge >= 0.3 is 0 Å². The van der Waals surface area contributed by atoms with Crippen molar-refractivity contribution in [3.63, 3.8) is 0 Å². The van der Waals surface area contributed by atoms with Gasteiger partial charge in [0.2, 0.25) is 0 Å². The largest absolute Gasteiger partial charge is 0.494 e. The van der Waals surface area contributed by atoms with Crippen LogP contribution in [-0.2, 0) is 0 Å². The van der Waals surface area contributed by atoms with Gasteiger partial charge in [0.1, 0.15) is 5.75 Å². The quantitative estimate of drug-likeness (QED) is 0.735. The molecule has 0 unspecified atom stereocenters. The molecule has 3 aromatic rings. The number of pyridine rings is 1. The minimum Gasteiger partial charge on any atom is -0.494 e. The molecule has 0 aliphatic rings. The Hall–Kier alpha value is -2.88. The second-order valence-electron chi connectivity index (χ2n) is 7.23. The molecule has 0 saturated heterocycles. The van der Waals surface area contributed by atoms with Gasteiger partial charge in [-0.1, -0.05) is 18.2 Å². The van der Waals surface area contributed by atoms with Crippen LogP contribution in [0.5, 0.6) is 5.75 Å². The van der Waals surface area contributed by atoms with E-state index in [1.54, 1.807) is 0 Å². The van der Waals surface area contributed by atoms with Gasteiger partial charge in [-0.15, -0.1) is 0 Å². The van der Waals surface area contributed by atoms with E-state index in [0.29, 0.717) is 12.2 Å². The van der Waals surface area contributed by atoms with Gasteiger partial charge in [0.25, 0.3) is 5.91 Å². The molecule has 0 aliphatic carbocycles. The topological polar surface area (TPSA) is 51.2 Å². The lowest BCUT2D eigenvalue weighted by Crippen LogP contribution is -2.40. The molecule has 3 rings (SSSR count). The number of carbonyl (C=O) groups is 1. The Labute approximate surface area is 154 Å². The van der Waals surface area contributed by atoms with Gasteiger partial charge in [0, 0.05) is 16.5 Å². The second-order valence-corrected chi connectivity index (χ2v) is 7.23. The summed E-state index contributed by atoms with van der Waals surface area (Å²) in [6, 6.07) is 17.4. The zero-order valence-corrected chi connectivity index (χ0v) is 15.7. The van der Waals surface area contributed by atoms with E-state index in [9.17, 15) is 4.79 Å². The van der Waals surface area contributed by atoms with Gasteiger partial charge in [0.15, 0.2) is 0 Å².